The number of Topliss-reactive ketones (excluding diaryl/α,β-unsaturated/α-hetero) is 1. The third-order valence-corrected chi connectivity index (χ3v) is 2.44. The van der Waals surface area contributed by atoms with Crippen molar-refractivity contribution < 1.29 is 24.6 Å². The maximum absolute atomic E-state index is 11.7. The first-order valence-electron chi connectivity index (χ1n) is 5.74. The molecule has 0 aliphatic heterocycles. The first-order valence-corrected chi connectivity index (χ1v) is 5.74. The minimum Gasteiger partial charge on any atom is -0.450 e. The number of anilines is 1. The fraction of sp³-hybridized carbons (Fsp3) is 0.308. The van der Waals surface area contributed by atoms with Crippen molar-refractivity contribution in [2.45, 2.75) is 19.8 Å². The second kappa shape index (κ2) is 6.53. The van der Waals surface area contributed by atoms with Gasteiger partial charge in [-0.3, -0.25) is 9.59 Å². The Hall–Kier alpha value is -2.37. The Kier molecular flexibility index (Phi) is 5.05. The highest BCUT2D eigenvalue weighted by Gasteiger charge is 2.30. The molecule has 1 aliphatic carbocycles. The number of benzene rings is 1. The highest BCUT2D eigenvalue weighted by molar-refractivity contribution is 5.99. The molecule has 0 radical (unpaired) electrons. The minimum absolute atomic E-state index is 0.101. The van der Waals surface area contributed by atoms with Gasteiger partial charge in [0.25, 0.3) is 0 Å². The number of nitrogens with one attached hydrogen (secondary N) is 1. The molecule has 0 bridgehead atoms. The maximum atomic E-state index is 11.7. The first-order chi connectivity index (χ1) is 8.90. The number of carbonyl (C=O) groups is 3. The van der Waals surface area contributed by atoms with E-state index in [1.54, 1.807) is 24.3 Å². The third-order valence-electron chi connectivity index (χ3n) is 2.44. The zero-order chi connectivity index (χ0) is 14.4. The summed E-state index contributed by atoms with van der Waals surface area (Å²) in [5, 5.41) is 16.6. The molecule has 0 atom stereocenters. The van der Waals surface area contributed by atoms with E-state index in [1.807, 2.05) is 0 Å². The van der Waals surface area contributed by atoms with Gasteiger partial charge in [-0.05, 0) is 37.1 Å². The van der Waals surface area contributed by atoms with Crippen LogP contribution in [0.2, 0.25) is 0 Å². The Morgan fingerprint density at radius 1 is 1.11 bits per heavy atom. The van der Waals surface area contributed by atoms with Crippen LogP contribution in [0.15, 0.2) is 24.3 Å². The van der Waals surface area contributed by atoms with E-state index in [9.17, 15) is 9.59 Å². The zero-order valence-corrected chi connectivity index (χ0v) is 10.4. The molecule has 1 aliphatic rings. The molecule has 19 heavy (non-hydrogen) atoms. The Morgan fingerprint density at radius 3 is 1.95 bits per heavy atom. The standard InChI is InChI=1S/C12H13NO2.CH2O3/c1-8(14)13-11-6-4-10(5-7-11)12(15)9-2-3-9;2-1(3)4/h4-7,9H,2-3H2,1H3,(H,13,14);(H2,2,3,4). The maximum Gasteiger partial charge on any atom is 0.503 e. The van der Waals surface area contributed by atoms with Crippen LogP contribution in [0.4, 0.5) is 10.5 Å². The Balaban J connectivity index is 0.000000399. The highest BCUT2D eigenvalue weighted by Crippen LogP contribution is 2.32. The number of carboxylic acid groups (broad SMARTS) is 2. The lowest BCUT2D eigenvalue weighted by molar-refractivity contribution is -0.114. The van der Waals surface area contributed by atoms with Crippen LogP contribution < -0.4 is 5.32 Å². The van der Waals surface area contributed by atoms with Crippen LogP contribution in [0, 0.1) is 5.92 Å². The molecule has 1 fully saturated rings. The van der Waals surface area contributed by atoms with Crippen molar-refractivity contribution in [1.29, 1.82) is 0 Å². The Morgan fingerprint density at radius 2 is 1.58 bits per heavy atom. The quantitative estimate of drug-likeness (QED) is 0.728. The lowest BCUT2D eigenvalue weighted by atomic mass is 10.1. The van der Waals surface area contributed by atoms with Crippen LogP contribution in [0.25, 0.3) is 0 Å². The fourth-order valence-electron chi connectivity index (χ4n) is 1.50. The van der Waals surface area contributed by atoms with Gasteiger partial charge in [-0.1, -0.05) is 0 Å². The van der Waals surface area contributed by atoms with Crippen molar-refractivity contribution in [3.05, 3.63) is 29.8 Å². The van der Waals surface area contributed by atoms with Gasteiger partial charge in [0, 0.05) is 24.1 Å². The predicted molar refractivity (Wildman–Crippen MR) is 68.5 cm³/mol. The van der Waals surface area contributed by atoms with E-state index in [2.05, 4.69) is 5.32 Å². The van der Waals surface area contributed by atoms with E-state index in [0.717, 1.165) is 24.1 Å². The molecular weight excluding hydrogens is 250 g/mol. The minimum atomic E-state index is -1.83. The van der Waals surface area contributed by atoms with Gasteiger partial charge < -0.3 is 15.5 Å². The van der Waals surface area contributed by atoms with Crippen molar-refractivity contribution >= 4 is 23.5 Å². The molecule has 0 unspecified atom stereocenters. The third kappa shape index (κ3) is 5.67. The number of hydrogen-bond acceptors (Lipinski definition) is 3. The molecule has 0 saturated heterocycles. The van der Waals surface area contributed by atoms with Crippen LogP contribution in [0.3, 0.4) is 0 Å². The van der Waals surface area contributed by atoms with Gasteiger partial charge in [0.15, 0.2) is 5.78 Å². The van der Waals surface area contributed by atoms with E-state index in [-0.39, 0.29) is 17.6 Å². The molecule has 3 N–H and O–H groups in total. The summed E-state index contributed by atoms with van der Waals surface area (Å²) in [7, 11) is 0. The molecule has 0 heterocycles. The van der Waals surface area contributed by atoms with Gasteiger partial charge in [0.2, 0.25) is 5.91 Å². The second-order valence-corrected chi connectivity index (χ2v) is 4.18. The van der Waals surface area contributed by atoms with Gasteiger partial charge >= 0.3 is 6.16 Å². The van der Waals surface area contributed by atoms with Gasteiger partial charge in [0.05, 0.1) is 0 Å². The summed E-state index contributed by atoms with van der Waals surface area (Å²) < 4.78 is 0. The summed E-state index contributed by atoms with van der Waals surface area (Å²) in [5.41, 5.74) is 1.47. The number of carbonyl (C=O) groups excluding carboxylic acids is 2. The molecule has 1 aromatic carbocycles. The van der Waals surface area contributed by atoms with Crippen LogP contribution in [0.5, 0.6) is 0 Å². The normalized spacial score (nSPS) is 12.9. The number of hydrogen-bond donors (Lipinski definition) is 3. The van der Waals surface area contributed by atoms with Crippen molar-refractivity contribution in [2.24, 2.45) is 5.92 Å². The summed E-state index contributed by atoms with van der Waals surface area (Å²) in [6, 6.07) is 7.06. The largest absolute Gasteiger partial charge is 0.503 e. The average molecular weight is 265 g/mol. The van der Waals surface area contributed by atoms with E-state index in [4.69, 9.17) is 15.0 Å². The van der Waals surface area contributed by atoms with E-state index in [0.29, 0.717) is 0 Å². The van der Waals surface area contributed by atoms with Crippen LogP contribution in [-0.4, -0.2) is 28.1 Å². The average Bonchev–Trinajstić information content (AvgIpc) is 3.11. The van der Waals surface area contributed by atoms with E-state index >= 15 is 0 Å². The Bertz CT molecular complexity index is 472. The fourth-order valence-corrected chi connectivity index (χ4v) is 1.50. The molecule has 2 rings (SSSR count). The van der Waals surface area contributed by atoms with E-state index in [1.165, 1.54) is 6.92 Å². The summed E-state index contributed by atoms with van der Waals surface area (Å²) in [5.74, 6) is 0.372. The zero-order valence-electron chi connectivity index (χ0n) is 10.4. The molecule has 1 saturated carbocycles. The van der Waals surface area contributed by atoms with Crippen LogP contribution in [0.1, 0.15) is 30.1 Å². The molecule has 0 spiro atoms. The first kappa shape index (κ1) is 14.7. The molecule has 6 heteroatoms. The van der Waals surface area contributed by atoms with Crippen molar-refractivity contribution in [3.63, 3.8) is 0 Å². The smallest absolute Gasteiger partial charge is 0.450 e. The lowest BCUT2D eigenvalue weighted by Gasteiger charge is -2.03. The molecule has 1 aromatic rings. The molecule has 1 amide bonds. The summed E-state index contributed by atoms with van der Waals surface area (Å²) in [6.45, 7) is 1.46. The summed E-state index contributed by atoms with van der Waals surface area (Å²) >= 11 is 0. The number of rotatable bonds is 3. The van der Waals surface area contributed by atoms with E-state index < -0.39 is 6.16 Å². The summed E-state index contributed by atoms with van der Waals surface area (Å²) in [4.78, 5) is 31.0. The van der Waals surface area contributed by atoms with Gasteiger partial charge in [0.1, 0.15) is 0 Å². The van der Waals surface area contributed by atoms with Crippen molar-refractivity contribution in [1.82, 2.24) is 0 Å². The van der Waals surface area contributed by atoms with Crippen LogP contribution >= 0.6 is 0 Å². The SMILES string of the molecule is CC(=O)Nc1ccc(C(=O)C2CC2)cc1.O=C(O)O. The summed E-state index contributed by atoms with van der Waals surface area (Å²) in [6.07, 6.45) is 0.207. The van der Waals surface area contributed by atoms with Crippen LogP contribution in [-0.2, 0) is 4.79 Å². The topological polar surface area (TPSA) is 104 Å². The van der Waals surface area contributed by atoms with Gasteiger partial charge in [-0.25, -0.2) is 4.79 Å². The van der Waals surface area contributed by atoms with Gasteiger partial charge in [-0.15, -0.1) is 0 Å². The molecule has 102 valence electrons. The predicted octanol–water partition coefficient (Wildman–Crippen LogP) is 2.46. The number of amides is 1. The number of ketones is 1. The molecule has 6 nitrogen and oxygen atoms in total. The Labute approximate surface area is 110 Å². The van der Waals surface area contributed by atoms with Gasteiger partial charge in [-0.2, -0.15) is 0 Å². The molecular formula is C13H15NO5. The molecule has 0 aromatic heterocycles. The lowest BCUT2D eigenvalue weighted by Crippen LogP contribution is -2.06. The monoisotopic (exact) mass is 265 g/mol. The van der Waals surface area contributed by atoms with Crippen molar-refractivity contribution in [3.8, 4) is 0 Å². The van der Waals surface area contributed by atoms with Crippen molar-refractivity contribution in [2.75, 3.05) is 5.32 Å². The second-order valence-electron chi connectivity index (χ2n) is 4.18. The highest BCUT2D eigenvalue weighted by atomic mass is 16.6.